The van der Waals surface area contributed by atoms with E-state index in [0.717, 1.165) is 32.5 Å². The molecular weight excluding hydrogens is 202 g/mol. The molecule has 1 aromatic heterocycles. The van der Waals surface area contributed by atoms with E-state index in [1.165, 1.54) is 12.8 Å². The highest BCUT2D eigenvalue weighted by Crippen LogP contribution is 2.49. The third-order valence-electron chi connectivity index (χ3n) is 3.52. The Morgan fingerprint density at radius 3 is 2.62 bits per heavy atom. The summed E-state index contributed by atoms with van der Waals surface area (Å²) in [6.45, 7) is 4.47. The van der Waals surface area contributed by atoms with Crippen LogP contribution in [0.4, 0.5) is 0 Å². The highest BCUT2D eigenvalue weighted by molar-refractivity contribution is 4.95. The summed E-state index contributed by atoms with van der Waals surface area (Å²) in [4.78, 5) is 12.0. The highest BCUT2D eigenvalue weighted by Gasteiger charge is 2.42. The van der Waals surface area contributed by atoms with Crippen LogP contribution in [0.1, 0.15) is 32.6 Å². The molecule has 0 bridgehead atoms. The molecular formula is C12H21N3O. The molecule has 0 aliphatic heterocycles. The second-order valence-corrected chi connectivity index (χ2v) is 4.94. The summed E-state index contributed by atoms with van der Waals surface area (Å²) in [5, 5.41) is 0. The van der Waals surface area contributed by atoms with Gasteiger partial charge in [-0.2, -0.15) is 0 Å². The lowest BCUT2D eigenvalue weighted by molar-refractivity contribution is 0.388. The Morgan fingerprint density at radius 1 is 1.38 bits per heavy atom. The molecule has 0 unspecified atom stereocenters. The Hall–Kier alpha value is -1.03. The summed E-state index contributed by atoms with van der Waals surface area (Å²) >= 11 is 0. The predicted octanol–water partition coefficient (Wildman–Crippen LogP) is 1.19. The van der Waals surface area contributed by atoms with E-state index >= 15 is 0 Å². The van der Waals surface area contributed by atoms with E-state index in [-0.39, 0.29) is 5.69 Å². The summed E-state index contributed by atoms with van der Waals surface area (Å²) in [6.07, 6.45) is 8.28. The molecule has 0 aromatic carbocycles. The molecule has 1 fully saturated rings. The molecule has 1 saturated carbocycles. The average Bonchev–Trinajstić information content (AvgIpc) is 2.94. The number of imidazole rings is 1. The maximum absolute atomic E-state index is 12.0. The number of hydrogen-bond donors (Lipinski definition) is 1. The summed E-state index contributed by atoms with van der Waals surface area (Å²) < 4.78 is 3.64. The minimum Gasteiger partial charge on any atom is -0.330 e. The Morgan fingerprint density at radius 2 is 2.06 bits per heavy atom. The normalized spacial score (nSPS) is 17.6. The summed E-state index contributed by atoms with van der Waals surface area (Å²) in [7, 11) is 0. The van der Waals surface area contributed by atoms with Gasteiger partial charge in [0.2, 0.25) is 0 Å². The Bertz CT molecular complexity index is 401. The highest BCUT2D eigenvalue weighted by atomic mass is 16.1. The van der Waals surface area contributed by atoms with Crippen LogP contribution >= 0.6 is 0 Å². The van der Waals surface area contributed by atoms with Gasteiger partial charge in [-0.05, 0) is 37.6 Å². The monoisotopic (exact) mass is 223 g/mol. The van der Waals surface area contributed by atoms with Crippen LogP contribution in [-0.4, -0.2) is 15.7 Å². The van der Waals surface area contributed by atoms with Gasteiger partial charge < -0.3 is 5.73 Å². The second-order valence-electron chi connectivity index (χ2n) is 4.94. The average molecular weight is 223 g/mol. The van der Waals surface area contributed by atoms with E-state index in [4.69, 9.17) is 5.73 Å². The van der Waals surface area contributed by atoms with Gasteiger partial charge >= 0.3 is 5.69 Å². The topological polar surface area (TPSA) is 52.9 Å². The number of rotatable bonds is 6. The Labute approximate surface area is 96.1 Å². The fraction of sp³-hybridized carbons (Fsp3) is 0.750. The first kappa shape index (κ1) is 11.5. The van der Waals surface area contributed by atoms with Crippen LogP contribution in [0, 0.1) is 5.41 Å². The largest absolute Gasteiger partial charge is 0.330 e. The molecule has 0 radical (unpaired) electrons. The first-order valence-corrected chi connectivity index (χ1v) is 6.16. The van der Waals surface area contributed by atoms with E-state index in [1.54, 1.807) is 4.57 Å². The fourth-order valence-electron chi connectivity index (χ4n) is 2.32. The van der Waals surface area contributed by atoms with Crippen molar-refractivity contribution in [1.82, 2.24) is 9.13 Å². The van der Waals surface area contributed by atoms with Crippen molar-refractivity contribution in [1.29, 1.82) is 0 Å². The smallest absolute Gasteiger partial charge is 0.328 e. The lowest BCUT2D eigenvalue weighted by Gasteiger charge is -2.13. The van der Waals surface area contributed by atoms with Crippen molar-refractivity contribution >= 4 is 0 Å². The predicted molar refractivity (Wildman–Crippen MR) is 64.3 cm³/mol. The van der Waals surface area contributed by atoms with Crippen molar-refractivity contribution in [2.75, 3.05) is 6.54 Å². The lowest BCUT2D eigenvalue weighted by Crippen LogP contribution is -2.28. The van der Waals surface area contributed by atoms with Gasteiger partial charge in [-0.1, -0.05) is 6.92 Å². The molecule has 90 valence electrons. The van der Waals surface area contributed by atoms with Crippen LogP contribution in [0.15, 0.2) is 17.2 Å². The van der Waals surface area contributed by atoms with E-state index in [0.29, 0.717) is 5.41 Å². The maximum atomic E-state index is 12.0. The number of nitrogens with two attached hydrogens (primary N) is 1. The SMILES string of the molecule is CCCn1ccn(CC2(CCN)CC2)c1=O. The number of aryl methyl sites for hydroxylation is 1. The molecule has 16 heavy (non-hydrogen) atoms. The second kappa shape index (κ2) is 4.45. The third kappa shape index (κ3) is 2.21. The van der Waals surface area contributed by atoms with E-state index in [2.05, 4.69) is 6.92 Å². The van der Waals surface area contributed by atoms with Gasteiger partial charge in [-0.3, -0.25) is 9.13 Å². The first-order valence-electron chi connectivity index (χ1n) is 6.16. The minimum atomic E-state index is 0.130. The van der Waals surface area contributed by atoms with Crippen LogP contribution in [0.5, 0.6) is 0 Å². The molecule has 2 N–H and O–H groups in total. The van der Waals surface area contributed by atoms with Crippen LogP contribution < -0.4 is 11.4 Å². The van der Waals surface area contributed by atoms with E-state index in [1.807, 2.05) is 17.0 Å². The fourth-order valence-corrected chi connectivity index (χ4v) is 2.32. The minimum absolute atomic E-state index is 0.130. The van der Waals surface area contributed by atoms with Crippen molar-refractivity contribution in [2.24, 2.45) is 11.1 Å². The number of nitrogens with zero attached hydrogens (tertiary/aromatic N) is 2. The third-order valence-corrected chi connectivity index (χ3v) is 3.52. The Balaban J connectivity index is 2.08. The van der Waals surface area contributed by atoms with Crippen molar-refractivity contribution in [2.45, 2.75) is 45.7 Å². The van der Waals surface area contributed by atoms with Gasteiger partial charge in [-0.25, -0.2) is 4.79 Å². The van der Waals surface area contributed by atoms with Crippen molar-refractivity contribution in [3.8, 4) is 0 Å². The van der Waals surface area contributed by atoms with Crippen molar-refractivity contribution < 1.29 is 0 Å². The molecule has 0 spiro atoms. The van der Waals surface area contributed by atoms with Crippen molar-refractivity contribution in [3.63, 3.8) is 0 Å². The zero-order valence-corrected chi connectivity index (χ0v) is 9.98. The van der Waals surface area contributed by atoms with Crippen LogP contribution in [-0.2, 0) is 13.1 Å². The van der Waals surface area contributed by atoms with Gasteiger partial charge in [-0.15, -0.1) is 0 Å². The molecule has 1 aliphatic rings. The molecule has 2 rings (SSSR count). The summed E-state index contributed by atoms with van der Waals surface area (Å²) in [5.41, 5.74) is 6.07. The first-order chi connectivity index (χ1) is 7.71. The number of hydrogen-bond acceptors (Lipinski definition) is 2. The standard InChI is InChI=1S/C12H21N3O/c1-2-7-14-8-9-15(11(14)16)10-12(3-4-12)5-6-13/h8-9H,2-7,10,13H2,1H3. The summed E-state index contributed by atoms with van der Waals surface area (Å²) in [6, 6.07) is 0. The maximum Gasteiger partial charge on any atom is 0.328 e. The van der Waals surface area contributed by atoms with Gasteiger partial charge in [0.15, 0.2) is 0 Å². The molecule has 0 amide bonds. The van der Waals surface area contributed by atoms with E-state index < -0.39 is 0 Å². The van der Waals surface area contributed by atoms with Crippen LogP contribution in [0.2, 0.25) is 0 Å². The van der Waals surface area contributed by atoms with Crippen LogP contribution in [0.3, 0.4) is 0 Å². The zero-order valence-electron chi connectivity index (χ0n) is 9.98. The van der Waals surface area contributed by atoms with Crippen LogP contribution in [0.25, 0.3) is 0 Å². The van der Waals surface area contributed by atoms with E-state index in [9.17, 15) is 4.79 Å². The number of aromatic nitrogens is 2. The molecule has 0 saturated heterocycles. The van der Waals surface area contributed by atoms with Gasteiger partial charge in [0.25, 0.3) is 0 Å². The zero-order chi connectivity index (χ0) is 11.6. The molecule has 4 heteroatoms. The molecule has 1 aromatic rings. The summed E-state index contributed by atoms with van der Waals surface area (Å²) in [5.74, 6) is 0. The quantitative estimate of drug-likeness (QED) is 0.787. The molecule has 4 nitrogen and oxygen atoms in total. The van der Waals surface area contributed by atoms with Crippen molar-refractivity contribution in [3.05, 3.63) is 22.9 Å². The molecule has 1 aliphatic carbocycles. The lowest BCUT2D eigenvalue weighted by atomic mass is 10.0. The van der Waals surface area contributed by atoms with Gasteiger partial charge in [0.1, 0.15) is 0 Å². The molecule has 1 heterocycles. The van der Waals surface area contributed by atoms with Gasteiger partial charge in [0.05, 0.1) is 0 Å². The van der Waals surface area contributed by atoms with Gasteiger partial charge in [0, 0.05) is 25.5 Å². The Kier molecular flexibility index (Phi) is 3.19. The molecule has 0 atom stereocenters.